The van der Waals surface area contributed by atoms with Crippen molar-refractivity contribution in [1.82, 2.24) is 0 Å². The maximum absolute atomic E-state index is 13.6. The number of nitrogens with one attached hydrogen (secondary N) is 1. The topological polar surface area (TPSA) is 12.0 Å². The Morgan fingerprint density at radius 2 is 1.86 bits per heavy atom. The first-order valence-corrected chi connectivity index (χ1v) is 8.25. The van der Waals surface area contributed by atoms with Gasteiger partial charge in [-0.05, 0) is 41.7 Å². The van der Waals surface area contributed by atoms with Crippen LogP contribution in [0.5, 0.6) is 0 Å². The molecule has 0 amide bonds. The minimum absolute atomic E-state index is 0.150. The SMILES string of the molecule is CCCC[C@H](C)Cc1cc(F)ccc1NCc1ccccc1. The second kappa shape index (κ2) is 8.57. The van der Waals surface area contributed by atoms with Crippen LogP contribution in [0.15, 0.2) is 48.5 Å². The molecule has 0 heterocycles. The van der Waals surface area contributed by atoms with E-state index < -0.39 is 0 Å². The van der Waals surface area contributed by atoms with Crippen LogP contribution in [0.25, 0.3) is 0 Å². The van der Waals surface area contributed by atoms with Gasteiger partial charge in [-0.25, -0.2) is 4.39 Å². The molecule has 22 heavy (non-hydrogen) atoms. The number of unbranched alkanes of at least 4 members (excludes halogenated alkanes) is 1. The maximum atomic E-state index is 13.6. The van der Waals surface area contributed by atoms with Crippen LogP contribution in [0.3, 0.4) is 0 Å². The van der Waals surface area contributed by atoms with E-state index >= 15 is 0 Å². The quantitative estimate of drug-likeness (QED) is 0.649. The Labute approximate surface area is 133 Å². The summed E-state index contributed by atoms with van der Waals surface area (Å²) in [5.41, 5.74) is 3.37. The highest BCUT2D eigenvalue weighted by molar-refractivity contribution is 5.52. The Bertz CT molecular complexity index is 565. The molecular formula is C20H26FN. The Kier molecular flexibility index (Phi) is 6.45. The van der Waals surface area contributed by atoms with Crippen LogP contribution < -0.4 is 5.32 Å². The molecule has 118 valence electrons. The summed E-state index contributed by atoms with van der Waals surface area (Å²) in [4.78, 5) is 0. The maximum Gasteiger partial charge on any atom is 0.123 e. The standard InChI is InChI=1S/C20H26FN/c1-3-4-8-16(2)13-18-14-19(21)11-12-20(18)22-15-17-9-6-5-7-10-17/h5-7,9-12,14,16,22H,3-4,8,13,15H2,1-2H3/t16-/m0/s1. The molecule has 0 radical (unpaired) electrons. The van der Waals surface area contributed by atoms with Gasteiger partial charge in [0, 0.05) is 12.2 Å². The fourth-order valence-electron chi connectivity index (χ4n) is 2.73. The van der Waals surface area contributed by atoms with Crippen molar-refractivity contribution in [1.29, 1.82) is 0 Å². The van der Waals surface area contributed by atoms with Crippen molar-refractivity contribution in [2.45, 2.75) is 46.1 Å². The van der Waals surface area contributed by atoms with Crippen molar-refractivity contribution in [2.24, 2.45) is 5.92 Å². The molecular weight excluding hydrogens is 273 g/mol. The van der Waals surface area contributed by atoms with Crippen molar-refractivity contribution in [3.8, 4) is 0 Å². The van der Waals surface area contributed by atoms with E-state index in [0.717, 1.165) is 24.2 Å². The zero-order valence-corrected chi connectivity index (χ0v) is 13.6. The predicted octanol–water partition coefficient (Wildman–Crippen LogP) is 5.81. The number of rotatable bonds is 8. The lowest BCUT2D eigenvalue weighted by Gasteiger charge is -2.16. The summed E-state index contributed by atoms with van der Waals surface area (Å²) in [5, 5.41) is 3.45. The molecule has 0 aliphatic carbocycles. The largest absolute Gasteiger partial charge is 0.381 e. The van der Waals surface area contributed by atoms with E-state index in [1.165, 1.54) is 30.9 Å². The lowest BCUT2D eigenvalue weighted by atomic mass is 9.95. The predicted molar refractivity (Wildman–Crippen MR) is 92.6 cm³/mol. The Hall–Kier alpha value is -1.83. The first-order valence-electron chi connectivity index (χ1n) is 8.25. The van der Waals surface area contributed by atoms with Gasteiger partial charge >= 0.3 is 0 Å². The van der Waals surface area contributed by atoms with Gasteiger partial charge in [-0.1, -0.05) is 63.4 Å². The highest BCUT2D eigenvalue weighted by Crippen LogP contribution is 2.23. The molecule has 0 bridgehead atoms. The molecule has 0 spiro atoms. The molecule has 0 saturated carbocycles. The summed E-state index contributed by atoms with van der Waals surface area (Å²) in [6.45, 7) is 5.23. The minimum Gasteiger partial charge on any atom is -0.381 e. The summed E-state index contributed by atoms with van der Waals surface area (Å²) in [6.07, 6.45) is 4.58. The molecule has 2 rings (SSSR count). The molecule has 0 aromatic heterocycles. The Morgan fingerprint density at radius 3 is 2.59 bits per heavy atom. The van der Waals surface area contributed by atoms with Gasteiger partial charge in [0.25, 0.3) is 0 Å². The van der Waals surface area contributed by atoms with Crippen LogP contribution in [-0.2, 0) is 13.0 Å². The van der Waals surface area contributed by atoms with Gasteiger partial charge in [0.05, 0.1) is 0 Å². The van der Waals surface area contributed by atoms with E-state index in [1.54, 1.807) is 6.07 Å². The normalized spacial score (nSPS) is 12.1. The molecule has 1 nitrogen and oxygen atoms in total. The fourth-order valence-corrected chi connectivity index (χ4v) is 2.73. The Balaban J connectivity index is 2.03. The van der Waals surface area contributed by atoms with Crippen LogP contribution in [-0.4, -0.2) is 0 Å². The summed E-state index contributed by atoms with van der Waals surface area (Å²) in [7, 11) is 0. The number of benzene rings is 2. The average Bonchev–Trinajstić information content (AvgIpc) is 2.53. The third-order valence-corrected chi connectivity index (χ3v) is 4.01. The molecule has 1 N–H and O–H groups in total. The first kappa shape index (κ1) is 16.5. The lowest BCUT2D eigenvalue weighted by molar-refractivity contribution is 0.502. The molecule has 0 aliphatic heterocycles. The molecule has 0 saturated heterocycles. The summed E-state index contributed by atoms with van der Waals surface area (Å²) < 4.78 is 13.6. The smallest absolute Gasteiger partial charge is 0.123 e. The van der Waals surface area contributed by atoms with E-state index in [4.69, 9.17) is 0 Å². The van der Waals surface area contributed by atoms with Crippen LogP contribution in [0.4, 0.5) is 10.1 Å². The van der Waals surface area contributed by atoms with E-state index in [-0.39, 0.29) is 5.82 Å². The number of hydrogen-bond acceptors (Lipinski definition) is 1. The van der Waals surface area contributed by atoms with Crippen LogP contribution >= 0.6 is 0 Å². The van der Waals surface area contributed by atoms with Crippen LogP contribution in [0.2, 0.25) is 0 Å². The lowest BCUT2D eigenvalue weighted by Crippen LogP contribution is -2.06. The molecule has 1 atom stereocenters. The van der Waals surface area contributed by atoms with Crippen LogP contribution in [0, 0.1) is 11.7 Å². The van der Waals surface area contributed by atoms with Gasteiger partial charge in [-0.15, -0.1) is 0 Å². The average molecular weight is 299 g/mol. The Morgan fingerprint density at radius 1 is 1.09 bits per heavy atom. The van der Waals surface area contributed by atoms with Crippen molar-refractivity contribution >= 4 is 5.69 Å². The number of anilines is 1. The third kappa shape index (κ3) is 5.18. The van der Waals surface area contributed by atoms with Gasteiger partial charge in [0.2, 0.25) is 0 Å². The van der Waals surface area contributed by atoms with E-state index in [0.29, 0.717) is 5.92 Å². The van der Waals surface area contributed by atoms with E-state index in [1.807, 2.05) is 24.3 Å². The van der Waals surface area contributed by atoms with Crippen molar-refractivity contribution in [3.63, 3.8) is 0 Å². The van der Waals surface area contributed by atoms with Crippen LogP contribution in [0.1, 0.15) is 44.2 Å². The fraction of sp³-hybridized carbons (Fsp3) is 0.400. The van der Waals surface area contributed by atoms with E-state index in [2.05, 4.69) is 31.3 Å². The van der Waals surface area contributed by atoms with Gasteiger partial charge in [-0.3, -0.25) is 0 Å². The molecule has 0 unspecified atom stereocenters. The molecule has 2 aromatic carbocycles. The minimum atomic E-state index is -0.150. The van der Waals surface area contributed by atoms with Gasteiger partial charge in [0.15, 0.2) is 0 Å². The molecule has 2 heteroatoms. The molecule has 0 fully saturated rings. The summed E-state index contributed by atoms with van der Waals surface area (Å²) in [6, 6.07) is 15.4. The second-order valence-corrected chi connectivity index (χ2v) is 6.09. The third-order valence-electron chi connectivity index (χ3n) is 4.01. The zero-order valence-electron chi connectivity index (χ0n) is 13.6. The van der Waals surface area contributed by atoms with Gasteiger partial charge in [-0.2, -0.15) is 0 Å². The summed E-state index contributed by atoms with van der Waals surface area (Å²) in [5.74, 6) is 0.432. The van der Waals surface area contributed by atoms with Crippen molar-refractivity contribution in [2.75, 3.05) is 5.32 Å². The number of halogens is 1. The first-order chi connectivity index (χ1) is 10.7. The highest BCUT2D eigenvalue weighted by Gasteiger charge is 2.09. The van der Waals surface area contributed by atoms with Crippen molar-refractivity contribution < 1.29 is 4.39 Å². The highest BCUT2D eigenvalue weighted by atomic mass is 19.1. The van der Waals surface area contributed by atoms with Gasteiger partial charge in [0.1, 0.15) is 5.82 Å². The van der Waals surface area contributed by atoms with Crippen molar-refractivity contribution in [3.05, 3.63) is 65.5 Å². The van der Waals surface area contributed by atoms with E-state index in [9.17, 15) is 4.39 Å². The zero-order chi connectivity index (χ0) is 15.8. The molecule has 2 aromatic rings. The monoisotopic (exact) mass is 299 g/mol. The summed E-state index contributed by atoms with van der Waals surface area (Å²) >= 11 is 0. The molecule has 0 aliphatic rings. The number of hydrogen-bond donors (Lipinski definition) is 1. The van der Waals surface area contributed by atoms with Gasteiger partial charge < -0.3 is 5.32 Å². The second-order valence-electron chi connectivity index (χ2n) is 6.09.